The summed E-state index contributed by atoms with van der Waals surface area (Å²) in [4.78, 5) is 28.3. The van der Waals surface area contributed by atoms with Crippen molar-refractivity contribution in [1.29, 1.82) is 0 Å². The number of nitrogens with one attached hydrogen (secondary N) is 2. The lowest BCUT2D eigenvalue weighted by molar-refractivity contribution is -0.385. The third-order valence-electron chi connectivity index (χ3n) is 7.67. The number of nitro groups is 1. The average molecular weight is 640 g/mol. The molecule has 3 heterocycles. The van der Waals surface area contributed by atoms with Gasteiger partial charge in [-0.2, -0.15) is 9.40 Å². The van der Waals surface area contributed by atoms with Crippen LogP contribution in [0.4, 0.5) is 26.0 Å². The molecule has 2 aliphatic rings. The number of likely N-dealkylation sites (N-methyl/N-ethyl adjacent to an activating group) is 1. The van der Waals surface area contributed by atoms with E-state index < -0.39 is 37.4 Å². The highest BCUT2D eigenvalue weighted by Crippen LogP contribution is 2.31. The number of hydrogen-bond acceptors (Lipinski definition) is 8. The number of halogens is 3. The van der Waals surface area contributed by atoms with Gasteiger partial charge in [-0.15, -0.1) is 12.4 Å². The van der Waals surface area contributed by atoms with Crippen LogP contribution in [0.3, 0.4) is 0 Å². The van der Waals surface area contributed by atoms with Crippen LogP contribution >= 0.6 is 12.4 Å². The summed E-state index contributed by atoms with van der Waals surface area (Å²) in [6.07, 6.45) is 3.77. The summed E-state index contributed by atoms with van der Waals surface area (Å²) >= 11 is 0. The quantitative estimate of drug-likeness (QED) is 0.265. The molecule has 0 saturated carbocycles. The molecule has 1 amide bonds. The Hall–Kier alpha value is -3.66. The highest BCUT2D eigenvalue weighted by atomic mass is 35.5. The Kier molecular flexibility index (Phi) is 10.00. The van der Waals surface area contributed by atoms with Crippen molar-refractivity contribution >= 4 is 45.5 Å². The van der Waals surface area contributed by atoms with E-state index in [1.54, 1.807) is 6.07 Å². The van der Waals surface area contributed by atoms with Gasteiger partial charge < -0.3 is 15.1 Å². The molecule has 0 spiro atoms. The van der Waals surface area contributed by atoms with Gasteiger partial charge in [0.25, 0.3) is 11.6 Å². The Morgan fingerprint density at radius 3 is 2.49 bits per heavy atom. The second kappa shape index (κ2) is 13.3. The zero-order valence-electron chi connectivity index (χ0n) is 23.4. The molecular formula is C27H32ClF2N7O5S. The summed E-state index contributed by atoms with van der Waals surface area (Å²) in [6, 6.07) is 6.44. The van der Waals surface area contributed by atoms with Gasteiger partial charge in [0.2, 0.25) is 10.0 Å². The van der Waals surface area contributed by atoms with E-state index in [2.05, 4.69) is 20.4 Å². The van der Waals surface area contributed by atoms with Crippen LogP contribution in [0.2, 0.25) is 0 Å². The molecule has 0 bridgehead atoms. The van der Waals surface area contributed by atoms with Gasteiger partial charge in [-0.1, -0.05) is 6.42 Å². The zero-order valence-corrected chi connectivity index (χ0v) is 25.0. The maximum absolute atomic E-state index is 13.7. The fourth-order valence-electron chi connectivity index (χ4n) is 5.28. The standard InChI is InChI=1S/C27H31F2N7O5S.ClH/c1-33(11-12-34-8-3-2-4-9-34)20-5-6-22(25(16-20)36(38)39)27(37)30-26-23-17-35(10-7-24(23)31-32-26)42(40,41)21-14-18(28)13-19(29)15-21;/h5-6,13-16H,2-4,7-12,17H2,1H3,(H2,30,31,32,37);1H. The number of aromatic amines is 1. The number of rotatable bonds is 9. The van der Waals surface area contributed by atoms with Gasteiger partial charge in [0.15, 0.2) is 5.82 Å². The summed E-state index contributed by atoms with van der Waals surface area (Å²) in [7, 11) is -2.42. The first-order valence-electron chi connectivity index (χ1n) is 13.6. The lowest BCUT2D eigenvalue weighted by Crippen LogP contribution is -2.36. The summed E-state index contributed by atoms with van der Waals surface area (Å²) in [5, 5.41) is 21.3. The minimum Gasteiger partial charge on any atom is -0.373 e. The fourth-order valence-corrected chi connectivity index (χ4v) is 6.74. The van der Waals surface area contributed by atoms with Gasteiger partial charge in [-0.25, -0.2) is 17.2 Å². The van der Waals surface area contributed by atoms with E-state index >= 15 is 0 Å². The summed E-state index contributed by atoms with van der Waals surface area (Å²) < 4.78 is 54.7. The molecule has 12 nitrogen and oxygen atoms in total. The van der Waals surface area contributed by atoms with Gasteiger partial charge >= 0.3 is 0 Å². The summed E-state index contributed by atoms with van der Waals surface area (Å²) in [6.45, 7) is 3.36. The molecule has 1 saturated heterocycles. The van der Waals surface area contributed by atoms with Crippen molar-refractivity contribution in [3.63, 3.8) is 0 Å². The maximum atomic E-state index is 13.7. The Morgan fingerprint density at radius 1 is 1.12 bits per heavy atom. The first kappa shape index (κ1) is 32.3. The van der Waals surface area contributed by atoms with Crippen molar-refractivity contribution in [1.82, 2.24) is 19.4 Å². The number of hydrogen-bond donors (Lipinski definition) is 2. The van der Waals surface area contributed by atoms with Crippen molar-refractivity contribution in [3.8, 4) is 0 Å². The van der Waals surface area contributed by atoms with Crippen molar-refractivity contribution in [2.75, 3.05) is 50.0 Å². The smallest absolute Gasteiger partial charge is 0.284 e. The molecule has 1 aromatic heterocycles. The van der Waals surface area contributed by atoms with Crippen molar-refractivity contribution in [3.05, 3.63) is 75.0 Å². The number of fused-ring (bicyclic) bond motifs is 1. The molecule has 3 aromatic rings. The van der Waals surface area contributed by atoms with Crippen LogP contribution in [0.25, 0.3) is 0 Å². The molecule has 0 atom stereocenters. The van der Waals surface area contributed by atoms with Crippen LogP contribution in [-0.4, -0.2) is 78.4 Å². The van der Waals surface area contributed by atoms with E-state index in [0.29, 0.717) is 29.6 Å². The Balaban J connectivity index is 0.00000423. The average Bonchev–Trinajstić information content (AvgIpc) is 3.37. The summed E-state index contributed by atoms with van der Waals surface area (Å²) in [5.74, 6) is -2.82. The van der Waals surface area contributed by atoms with E-state index in [0.717, 1.165) is 36.1 Å². The van der Waals surface area contributed by atoms with Crippen LogP contribution in [0, 0.1) is 21.7 Å². The number of aromatic nitrogens is 2. The maximum Gasteiger partial charge on any atom is 0.284 e. The summed E-state index contributed by atoms with van der Waals surface area (Å²) in [5.41, 5.74) is 0.966. The Morgan fingerprint density at radius 2 is 1.81 bits per heavy atom. The molecule has 0 radical (unpaired) electrons. The number of carbonyl (C=O) groups excluding carboxylic acids is 1. The van der Waals surface area contributed by atoms with Crippen molar-refractivity contribution in [2.45, 2.75) is 37.1 Å². The number of benzene rings is 2. The predicted molar refractivity (Wildman–Crippen MR) is 158 cm³/mol. The first-order valence-corrected chi connectivity index (χ1v) is 15.0. The van der Waals surface area contributed by atoms with E-state index in [9.17, 15) is 32.1 Å². The van der Waals surface area contributed by atoms with E-state index in [4.69, 9.17) is 0 Å². The molecule has 2 N–H and O–H groups in total. The van der Waals surface area contributed by atoms with Gasteiger partial charge in [0.1, 0.15) is 17.2 Å². The minimum atomic E-state index is -4.27. The van der Waals surface area contributed by atoms with Crippen LogP contribution in [-0.2, 0) is 23.0 Å². The van der Waals surface area contributed by atoms with Gasteiger partial charge in [-0.3, -0.25) is 20.0 Å². The molecule has 2 aromatic carbocycles. The third-order valence-corrected chi connectivity index (χ3v) is 9.49. The second-order valence-corrected chi connectivity index (χ2v) is 12.4. The van der Waals surface area contributed by atoms with Crippen LogP contribution in [0.15, 0.2) is 41.3 Å². The monoisotopic (exact) mass is 639 g/mol. The number of nitrogens with zero attached hydrogens (tertiary/aromatic N) is 5. The molecule has 1 fully saturated rings. The highest BCUT2D eigenvalue weighted by Gasteiger charge is 2.33. The lowest BCUT2D eigenvalue weighted by Gasteiger charge is -2.29. The molecular weight excluding hydrogens is 608 g/mol. The number of anilines is 2. The largest absolute Gasteiger partial charge is 0.373 e. The number of likely N-dealkylation sites (tertiary alicyclic amines) is 1. The van der Waals surface area contributed by atoms with Gasteiger partial charge in [0.05, 0.1) is 9.82 Å². The molecule has 232 valence electrons. The fraction of sp³-hybridized carbons (Fsp3) is 0.407. The number of nitro benzene ring substituents is 1. The normalized spacial score (nSPS) is 15.8. The van der Waals surface area contributed by atoms with Gasteiger partial charge in [0, 0.05) is 68.7 Å². The molecule has 5 rings (SSSR count). The van der Waals surface area contributed by atoms with Crippen LogP contribution in [0.5, 0.6) is 0 Å². The van der Waals surface area contributed by atoms with E-state index in [1.165, 1.54) is 31.4 Å². The van der Waals surface area contributed by atoms with E-state index in [-0.39, 0.29) is 49.0 Å². The number of amides is 1. The van der Waals surface area contributed by atoms with Gasteiger partial charge in [-0.05, 0) is 50.2 Å². The minimum absolute atomic E-state index is 0. The second-order valence-electron chi connectivity index (χ2n) is 10.5. The number of piperidine rings is 1. The molecule has 16 heteroatoms. The molecule has 2 aliphatic heterocycles. The van der Waals surface area contributed by atoms with E-state index in [1.807, 2.05) is 11.9 Å². The third kappa shape index (κ3) is 7.12. The molecule has 43 heavy (non-hydrogen) atoms. The Bertz CT molecular complexity index is 1590. The highest BCUT2D eigenvalue weighted by molar-refractivity contribution is 7.89. The topological polar surface area (TPSA) is 145 Å². The zero-order chi connectivity index (χ0) is 30.0. The molecule has 0 aliphatic carbocycles. The lowest BCUT2D eigenvalue weighted by atomic mass is 10.1. The van der Waals surface area contributed by atoms with Crippen LogP contribution < -0.4 is 10.2 Å². The number of H-pyrrole nitrogens is 1. The predicted octanol–water partition coefficient (Wildman–Crippen LogP) is 3.94. The first-order chi connectivity index (χ1) is 20.0. The SMILES string of the molecule is CN(CCN1CCCCC1)c1ccc(C(=O)Nc2n[nH]c3c2CN(S(=O)(=O)c2cc(F)cc(F)c2)CC3)c([N+](=O)[O-])c1.Cl. The number of sulfonamides is 1. The van der Waals surface area contributed by atoms with Crippen LogP contribution in [0.1, 0.15) is 40.9 Å². The number of carbonyl (C=O) groups is 1. The van der Waals surface area contributed by atoms with Crippen molar-refractivity contribution < 1.29 is 26.9 Å². The van der Waals surface area contributed by atoms with Crippen molar-refractivity contribution in [2.24, 2.45) is 0 Å². The Labute approximate surface area is 253 Å². The molecule has 0 unspecified atom stereocenters.